The normalized spacial score (nSPS) is 15.9. The third kappa shape index (κ3) is 5.66. The zero-order valence-corrected chi connectivity index (χ0v) is 19.3. The van der Waals surface area contributed by atoms with Crippen molar-refractivity contribution in [1.82, 2.24) is 9.73 Å². The molecule has 1 aromatic heterocycles. The molecule has 0 radical (unpaired) electrons. The van der Waals surface area contributed by atoms with Gasteiger partial charge >= 0.3 is 0 Å². The zero-order valence-electron chi connectivity index (χ0n) is 15.3. The van der Waals surface area contributed by atoms with E-state index in [-0.39, 0.29) is 10.0 Å². The summed E-state index contributed by atoms with van der Waals surface area (Å²) in [4.78, 5) is 1.03. The Bertz CT molecular complexity index is 1030. The topological polar surface area (TPSA) is 83.0 Å². The summed E-state index contributed by atoms with van der Waals surface area (Å²) in [5.41, 5.74) is 3.80. The van der Waals surface area contributed by atoms with Crippen LogP contribution in [0.5, 0.6) is 0 Å². The summed E-state index contributed by atoms with van der Waals surface area (Å²) in [6.45, 7) is 3.20. The molecule has 3 rings (SSSR count). The maximum atomic E-state index is 12.8. The summed E-state index contributed by atoms with van der Waals surface area (Å²) in [5, 5.41) is 7.61. The van der Waals surface area contributed by atoms with Crippen molar-refractivity contribution < 1.29 is 13.2 Å². The lowest BCUT2D eigenvalue weighted by atomic mass is 10.3. The molecule has 0 bridgehead atoms. The van der Waals surface area contributed by atoms with Gasteiger partial charge in [-0.05, 0) is 49.5 Å². The lowest BCUT2D eigenvalue weighted by Crippen LogP contribution is -2.40. The number of nitrogens with zero attached hydrogens (tertiary/aromatic N) is 2. The van der Waals surface area contributed by atoms with Crippen LogP contribution < -0.4 is 10.7 Å². The van der Waals surface area contributed by atoms with Gasteiger partial charge in [-0.3, -0.25) is 5.43 Å². The maximum absolute atomic E-state index is 12.8. The second-order valence-electron chi connectivity index (χ2n) is 6.03. The molecule has 1 aliphatic heterocycles. The SMILES string of the molecule is C/C(=N\NC(=S)Nc1cc(S(=O)(=O)N2CCOCC2)ccc1Cl)c1ccc(Cl)s1. The first kappa shape index (κ1) is 22.4. The van der Waals surface area contributed by atoms with Gasteiger partial charge in [-0.1, -0.05) is 23.2 Å². The van der Waals surface area contributed by atoms with Crippen LogP contribution in [-0.2, 0) is 14.8 Å². The summed E-state index contributed by atoms with van der Waals surface area (Å²) in [5.74, 6) is 0. The highest BCUT2D eigenvalue weighted by Gasteiger charge is 2.27. The summed E-state index contributed by atoms with van der Waals surface area (Å²) in [6, 6.07) is 8.09. The van der Waals surface area contributed by atoms with E-state index >= 15 is 0 Å². The fraction of sp³-hybridized carbons (Fsp3) is 0.294. The number of morpholine rings is 1. The standard InChI is InChI=1S/C17H18Cl2N4O3S3/c1-11(15-4-5-16(19)28-15)21-22-17(27)20-14-10-12(2-3-13(14)18)29(24,25)23-6-8-26-9-7-23/h2-5,10H,6-9H2,1H3,(H2,20,22,27)/b21-11+. The molecule has 1 fully saturated rings. The number of nitrogens with one attached hydrogen (secondary N) is 2. The van der Waals surface area contributed by atoms with Crippen molar-refractivity contribution >= 4 is 73.3 Å². The average Bonchev–Trinajstić information content (AvgIpc) is 3.15. The highest BCUT2D eigenvalue weighted by atomic mass is 35.5. The molecular formula is C17H18Cl2N4O3S3. The summed E-state index contributed by atoms with van der Waals surface area (Å²) < 4.78 is 32.9. The van der Waals surface area contributed by atoms with Crippen LogP contribution in [0.2, 0.25) is 9.36 Å². The molecule has 0 saturated carbocycles. The average molecular weight is 493 g/mol. The Morgan fingerprint density at radius 1 is 1.24 bits per heavy atom. The van der Waals surface area contributed by atoms with Crippen molar-refractivity contribution in [3.63, 3.8) is 0 Å². The molecule has 1 aromatic carbocycles. The van der Waals surface area contributed by atoms with Gasteiger partial charge in [0.05, 0.1) is 43.7 Å². The zero-order chi connectivity index (χ0) is 21.0. The summed E-state index contributed by atoms with van der Waals surface area (Å²) >= 11 is 18.8. The molecular weight excluding hydrogens is 475 g/mol. The van der Waals surface area contributed by atoms with Crippen molar-refractivity contribution in [3.05, 3.63) is 44.6 Å². The van der Waals surface area contributed by atoms with Gasteiger partial charge < -0.3 is 10.1 Å². The lowest BCUT2D eigenvalue weighted by molar-refractivity contribution is 0.0730. The predicted octanol–water partition coefficient (Wildman–Crippen LogP) is 3.79. The molecule has 1 aliphatic rings. The van der Waals surface area contributed by atoms with Gasteiger partial charge in [0, 0.05) is 13.1 Å². The van der Waals surface area contributed by atoms with Crippen molar-refractivity contribution in [2.24, 2.45) is 5.10 Å². The van der Waals surface area contributed by atoms with Crippen LogP contribution >= 0.6 is 46.8 Å². The Hall–Kier alpha value is -1.27. The van der Waals surface area contributed by atoms with E-state index in [0.717, 1.165) is 4.88 Å². The monoisotopic (exact) mass is 492 g/mol. The van der Waals surface area contributed by atoms with E-state index < -0.39 is 10.0 Å². The van der Waals surface area contributed by atoms with Crippen molar-refractivity contribution in [1.29, 1.82) is 0 Å². The first-order chi connectivity index (χ1) is 13.8. The Morgan fingerprint density at radius 3 is 2.62 bits per heavy atom. The second-order valence-corrected chi connectivity index (χ2v) is 10.5. The van der Waals surface area contributed by atoms with E-state index in [4.69, 9.17) is 40.2 Å². The molecule has 7 nitrogen and oxygen atoms in total. The number of thiocarbonyl (C=S) groups is 1. The van der Waals surface area contributed by atoms with Crippen molar-refractivity contribution in [2.75, 3.05) is 31.6 Å². The molecule has 0 aliphatic carbocycles. The minimum absolute atomic E-state index is 0.127. The maximum Gasteiger partial charge on any atom is 0.243 e. The molecule has 1 saturated heterocycles. The van der Waals surface area contributed by atoms with Crippen LogP contribution in [0.25, 0.3) is 0 Å². The van der Waals surface area contributed by atoms with E-state index in [1.54, 1.807) is 6.07 Å². The number of sulfonamides is 1. The first-order valence-electron chi connectivity index (χ1n) is 8.52. The molecule has 0 spiro atoms. The van der Waals surface area contributed by atoms with E-state index in [9.17, 15) is 8.42 Å². The summed E-state index contributed by atoms with van der Waals surface area (Å²) in [7, 11) is -3.64. The third-order valence-electron chi connectivity index (χ3n) is 4.05. The largest absolute Gasteiger partial charge is 0.379 e. The molecule has 156 valence electrons. The van der Waals surface area contributed by atoms with Gasteiger partial charge in [0.25, 0.3) is 0 Å². The van der Waals surface area contributed by atoms with Gasteiger partial charge in [0.15, 0.2) is 5.11 Å². The van der Waals surface area contributed by atoms with Crippen LogP contribution in [0.3, 0.4) is 0 Å². The molecule has 0 atom stereocenters. The minimum atomic E-state index is -3.64. The van der Waals surface area contributed by atoms with E-state index in [1.165, 1.54) is 33.8 Å². The fourth-order valence-corrected chi connectivity index (χ4v) is 5.29. The van der Waals surface area contributed by atoms with Crippen LogP contribution in [0.4, 0.5) is 5.69 Å². The number of thiophene rings is 1. The first-order valence-corrected chi connectivity index (χ1v) is 11.9. The number of hydrazone groups is 1. The number of anilines is 1. The minimum Gasteiger partial charge on any atom is -0.379 e. The molecule has 29 heavy (non-hydrogen) atoms. The number of hydrogen-bond donors (Lipinski definition) is 2. The number of halogens is 2. The highest BCUT2D eigenvalue weighted by molar-refractivity contribution is 7.89. The number of rotatable bonds is 5. The molecule has 12 heteroatoms. The second kappa shape index (κ2) is 9.69. The molecule has 2 N–H and O–H groups in total. The Balaban J connectivity index is 1.72. The van der Waals surface area contributed by atoms with Gasteiger partial charge in [-0.2, -0.15) is 9.41 Å². The lowest BCUT2D eigenvalue weighted by Gasteiger charge is -2.26. The number of hydrogen-bond acceptors (Lipinski definition) is 6. The van der Waals surface area contributed by atoms with Crippen LogP contribution in [0.1, 0.15) is 11.8 Å². The van der Waals surface area contributed by atoms with E-state index in [0.29, 0.717) is 47.1 Å². The smallest absolute Gasteiger partial charge is 0.243 e. The number of benzene rings is 1. The van der Waals surface area contributed by atoms with Gasteiger partial charge in [-0.15, -0.1) is 11.3 Å². The van der Waals surface area contributed by atoms with E-state index in [2.05, 4.69) is 15.8 Å². The predicted molar refractivity (Wildman–Crippen MR) is 122 cm³/mol. The van der Waals surface area contributed by atoms with E-state index in [1.807, 2.05) is 13.0 Å². The summed E-state index contributed by atoms with van der Waals surface area (Å²) in [6.07, 6.45) is 0. The Morgan fingerprint density at radius 2 is 1.97 bits per heavy atom. The molecule has 0 unspecified atom stereocenters. The Kier molecular flexibility index (Phi) is 7.49. The molecule has 0 amide bonds. The Labute approximate surface area is 188 Å². The van der Waals surface area contributed by atoms with Gasteiger partial charge in [-0.25, -0.2) is 8.42 Å². The number of ether oxygens (including phenoxy) is 1. The van der Waals surface area contributed by atoms with Gasteiger partial charge in [0.2, 0.25) is 10.0 Å². The van der Waals surface area contributed by atoms with Gasteiger partial charge in [0.1, 0.15) is 0 Å². The fourth-order valence-electron chi connectivity index (χ4n) is 2.55. The van der Waals surface area contributed by atoms with Crippen LogP contribution in [0, 0.1) is 0 Å². The molecule has 2 aromatic rings. The van der Waals surface area contributed by atoms with Crippen LogP contribution in [0.15, 0.2) is 40.3 Å². The highest BCUT2D eigenvalue weighted by Crippen LogP contribution is 2.27. The quantitative estimate of drug-likeness (QED) is 0.375. The van der Waals surface area contributed by atoms with Crippen LogP contribution in [-0.4, -0.2) is 49.9 Å². The van der Waals surface area contributed by atoms with Crippen molar-refractivity contribution in [2.45, 2.75) is 11.8 Å². The van der Waals surface area contributed by atoms with Crippen molar-refractivity contribution in [3.8, 4) is 0 Å². The third-order valence-corrected chi connectivity index (χ3v) is 7.81. The molecule has 2 heterocycles.